The summed E-state index contributed by atoms with van der Waals surface area (Å²) in [5, 5.41) is 5.06. The fourth-order valence-electron chi connectivity index (χ4n) is 1.82. The lowest BCUT2D eigenvalue weighted by Gasteiger charge is -2.21. The van der Waals surface area contributed by atoms with Gasteiger partial charge in [0.2, 0.25) is 0 Å². The minimum Gasteiger partial charge on any atom is -0.444 e. The van der Waals surface area contributed by atoms with E-state index in [4.69, 9.17) is 4.74 Å². The van der Waals surface area contributed by atoms with Gasteiger partial charge in [0.05, 0.1) is 0 Å². The van der Waals surface area contributed by atoms with E-state index < -0.39 is 17.7 Å². The Morgan fingerprint density at radius 3 is 2.85 bits per heavy atom. The van der Waals surface area contributed by atoms with Gasteiger partial charge >= 0.3 is 6.09 Å². The van der Waals surface area contributed by atoms with Crippen LogP contribution in [0.3, 0.4) is 0 Å². The van der Waals surface area contributed by atoms with Gasteiger partial charge in [0.1, 0.15) is 16.2 Å². The number of nitrogens with zero attached hydrogens (tertiary/aromatic N) is 2. The second kappa shape index (κ2) is 5.69. The number of halogens is 1. The van der Waals surface area contributed by atoms with E-state index in [1.807, 2.05) is 5.38 Å². The first-order valence-electron chi connectivity index (χ1n) is 6.18. The van der Waals surface area contributed by atoms with Crippen molar-refractivity contribution in [3.8, 4) is 0 Å². The Labute approximate surface area is 129 Å². The maximum Gasteiger partial charge on any atom is 0.408 e. The molecule has 1 fully saturated rings. The number of alkyl carbamates (subject to hydrolysis) is 1. The Hall–Kier alpha value is -1.15. The summed E-state index contributed by atoms with van der Waals surface area (Å²) in [5.74, 6) is -0.155. The van der Waals surface area contributed by atoms with Crippen molar-refractivity contribution in [3.63, 3.8) is 0 Å². The van der Waals surface area contributed by atoms with E-state index in [0.717, 1.165) is 0 Å². The van der Waals surface area contributed by atoms with Gasteiger partial charge in [0.15, 0.2) is 5.13 Å². The van der Waals surface area contributed by atoms with Gasteiger partial charge < -0.3 is 10.1 Å². The van der Waals surface area contributed by atoms with E-state index in [1.165, 1.54) is 11.3 Å². The van der Waals surface area contributed by atoms with E-state index >= 15 is 0 Å². The summed E-state index contributed by atoms with van der Waals surface area (Å²) in [5.41, 5.74) is -0.578. The molecule has 0 saturated carbocycles. The lowest BCUT2D eigenvalue weighted by atomic mass is 10.2. The third kappa shape index (κ3) is 3.69. The molecule has 1 saturated heterocycles. The smallest absolute Gasteiger partial charge is 0.408 e. The van der Waals surface area contributed by atoms with Gasteiger partial charge in [-0.25, -0.2) is 9.78 Å². The first-order valence-corrected chi connectivity index (χ1v) is 7.85. The normalized spacial score (nSPS) is 19.3. The number of carbonyl (C=O) groups excluding carboxylic acids is 2. The Morgan fingerprint density at radius 2 is 2.30 bits per heavy atom. The van der Waals surface area contributed by atoms with Crippen LogP contribution in [-0.2, 0) is 9.53 Å². The van der Waals surface area contributed by atoms with Crippen LogP contribution in [-0.4, -0.2) is 35.2 Å². The van der Waals surface area contributed by atoms with E-state index in [0.29, 0.717) is 22.7 Å². The number of hydrogen-bond donors (Lipinski definition) is 1. The Kier molecular flexibility index (Phi) is 4.33. The van der Waals surface area contributed by atoms with Crippen LogP contribution in [0.5, 0.6) is 0 Å². The molecule has 20 heavy (non-hydrogen) atoms. The number of rotatable bonds is 2. The average Bonchev–Trinajstić information content (AvgIpc) is 2.84. The van der Waals surface area contributed by atoms with Crippen LogP contribution in [0, 0.1) is 0 Å². The van der Waals surface area contributed by atoms with E-state index in [1.54, 1.807) is 25.7 Å². The molecular weight excluding hydrogens is 346 g/mol. The summed E-state index contributed by atoms with van der Waals surface area (Å²) in [7, 11) is 0. The van der Waals surface area contributed by atoms with Crippen LogP contribution in [0.25, 0.3) is 0 Å². The topological polar surface area (TPSA) is 71.5 Å². The molecule has 2 amide bonds. The second-order valence-electron chi connectivity index (χ2n) is 5.43. The Bertz CT molecular complexity index is 526. The quantitative estimate of drug-likeness (QED) is 0.878. The van der Waals surface area contributed by atoms with Crippen LogP contribution < -0.4 is 10.2 Å². The molecule has 0 aliphatic carbocycles. The van der Waals surface area contributed by atoms with Crippen molar-refractivity contribution < 1.29 is 14.3 Å². The molecule has 0 aromatic carbocycles. The first kappa shape index (κ1) is 15.2. The van der Waals surface area contributed by atoms with Crippen LogP contribution in [0.1, 0.15) is 27.2 Å². The fourth-order valence-corrected chi connectivity index (χ4v) is 3.10. The largest absolute Gasteiger partial charge is 0.444 e. The molecule has 0 radical (unpaired) electrons. The molecule has 1 aromatic rings. The Balaban J connectivity index is 1.96. The molecule has 1 N–H and O–H groups in total. The maximum absolute atomic E-state index is 12.2. The molecule has 1 aliphatic rings. The fraction of sp³-hybridized carbons (Fsp3) is 0.583. The van der Waals surface area contributed by atoms with Gasteiger partial charge in [-0.2, -0.15) is 0 Å². The van der Waals surface area contributed by atoms with Crippen molar-refractivity contribution in [1.82, 2.24) is 10.3 Å². The zero-order valence-electron chi connectivity index (χ0n) is 11.5. The summed E-state index contributed by atoms with van der Waals surface area (Å²) in [6, 6.07) is -0.549. The highest BCUT2D eigenvalue weighted by molar-refractivity contribution is 9.10. The van der Waals surface area contributed by atoms with Gasteiger partial charge in [-0.1, -0.05) is 0 Å². The van der Waals surface area contributed by atoms with E-state index in [9.17, 15) is 9.59 Å². The summed E-state index contributed by atoms with van der Waals surface area (Å²) in [6.45, 7) is 5.88. The molecule has 0 bridgehead atoms. The first-order chi connectivity index (χ1) is 9.26. The molecule has 8 heteroatoms. The van der Waals surface area contributed by atoms with Crippen LogP contribution >= 0.6 is 27.3 Å². The van der Waals surface area contributed by atoms with Gasteiger partial charge in [0, 0.05) is 11.9 Å². The molecule has 2 heterocycles. The minimum atomic E-state index is -0.578. The molecular formula is C12H16BrN3O3S. The van der Waals surface area contributed by atoms with E-state index in [2.05, 4.69) is 26.2 Å². The molecule has 0 unspecified atom stereocenters. The molecule has 1 aromatic heterocycles. The predicted octanol–water partition coefficient (Wildman–Crippen LogP) is 2.54. The van der Waals surface area contributed by atoms with Gasteiger partial charge in [-0.15, -0.1) is 11.3 Å². The molecule has 110 valence electrons. The van der Waals surface area contributed by atoms with Crippen molar-refractivity contribution in [2.45, 2.75) is 38.8 Å². The number of nitrogens with one attached hydrogen (secondary N) is 1. The summed E-state index contributed by atoms with van der Waals surface area (Å²) in [6.07, 6.45) is -0.0204. The highest BCUT2D eigenvalue weighted by Crippen LogP contribution is 2.27. The standard InChI is InChI=1S/C12H16BrN3O3S/c1-12(2,3)19-11(18)14-7-4-5-16(9(7)17)10-15-8(13)6-20-10/h6-7H,4-5H2,1-3H3,(H,14,18)/t7-/m0/s1. The van der Waals surface area contributed by atoms with Crippen LogP contribution in [0.15, 0.2) is 9.98 Å². The van der Waals surface area contributed by atoms with Crippen molar-refractivity contribution in [2.75, 3.05) is 11.4 Å². The van der Waals surface area contributed by atoms with E-state index in [-0.39, 0.29) is 5.91 Å². The van der Waals surface area contributed by atoms with Gasteiger partial charge in [-0.05, 0) is 43.1 Å². The van der Waals surface area contributed by atoms with Gasteiger partial charge in [-0.3, -0.25) is 9.69 Å². The third-order valence-electron chi connectivity index (χ3n) is 2.59. The second-order valence-corrected chi connectivity index (χ2v) is 7.08. The Morgan fingerprint density at radius 1 is 1.60 bits per heavy atom. The number of thiazole rings is 1. The molecule has 0 spiro atoms. The molecule has 1 aliphatic heterocycles. The van der Waals surface area contributed by atoms with Gasteiger partial charge in [0.25, 0.3) is 5.91 Å². The average molecular weight is 362 g/mol. The van der Waals surface area contributed by atoms with Crippen LogP contribution in [0.2, 0.25) is 0 Å². The minimum absolute atomic E-state index is 0.155. The lowest BCUT2D eigenvalue weighted by molar-refractivity contribution is -0.118. The summed E-state index contributed by atoms with van der Waals surface area (Å²) in [4.78, 5) is 29.7. The molecule has 6 nitrogen and oxygen atoms in total. The highest BCUT2D eigenvalue weighted by Gasteiger charge is 2.35. The zero-order chi connectivity index (χ0) is 14.9. The monoisotopic (exact) mass is 361 g/mol. The van der Waals surface area contributed by atoms with Crippen molar-refractivity contribution in [1.29, 1.82) is 0 Å². The SMILES string of the molecule is CC(C)(C)OC(=O)N[C@H]1CCN(c2nc(Br)cs2)C1=O. The highest BCUT2D eigenvalue weighted by atomic mass is 79.9. The number of anilines is 1. The van der Waals surface area contributed by atoms with Crippen molar-refractivity contribution >= 4 is 44.4 Å². The molecule has 2 rings (SSSR count). The summed E-state index contributed by atoms with van der Waals surface area (Å²) < 4.78 is 5.85. The number of hydrogen-bond acceptors (Lipinski definition) is 5. The maximum atomic E-state index is 12.2. The van der Waals surface area contributed by atoms with Crippen molar-refractivity contribution in [3.05, 3.63) is 9.98 Å². The predicted molar refractivity (Wildman–Crippen MR) is 79.9 cm³/mol. The zero-order valence-corrected chi connectivity index (χ0v) is 13.9. The molecule has 1 atom stereocenters. The number of ether oxygens (including phenoxy) is 1. The third-order valence-corrected chi connectivity index (χ3v) is 4.16. The number of carbonyl (C=O) groups is 2. The number of amides is 2. The van der Waals surface area contributed by atoms with Crippen LogP contribution in [0.4, 0.5) is 9.93 Å². The van der Waals surface area contributed by atoms with Crippen molar-refractivity contribution in [2.24, 2.45) is 0 Å². The summed E-state index contributed by atoms with van der Waals surface area (Å²) >= 11 is 4.64. The number of aromatic nitrogens is 1. The lowest BCUT2D eigenvalue weighted by Crippen LogP contribution is -2.43.